The van der Waals surface area contributed by atoms with E-state index in [4.69, 9.17) is 14.6 Å². The van der Waals surface area contributed by atoms with E-state index in [1.54, 1.807) is 37.3 Å². The second-order valence-corrected chi connectivity index (χ2v) is 5.61. The number of Topliss-reactive ketones (excluding diaryl/α,β-unsaturated/α-hetero) is 1. The molecule has 6 heteroatoms. The molecule has 0 aliphatic heterocycles. The molecule has 0 fully saturated rings. The van der Waals surface area contributed by atoms with E-state index in [0.29, 0.717) is 11.3 Å². The molecule has 0 heterocycles. The van der Waals surface area contributed by atoms with Gasteiger partial charge >= 0.3 is 11.9 Å². The van der Waals surface area contributed by atoms with E-state index in [1.165, 1.54) is 19.1 Å². The maximum atomic E-state index is 12.1. The van der Waals surface area contributed by atoms with Crippen LogP contribution in [-0.2, 0) is 22.6 Å². The van der Waals surface area contributed by atoms with Crippen LogP contribution in [-0.4, -0.2) is 29.4 Å². The highest BCUT2D eigenvalue weighted by molar-refractivity contribution is 6.05. The van der Waals surface area contributed by atoms with E-state index >= 15 is 0 Å². The Morgan fingerprint density at radius 3 is 2.31 bits per heavy atom. The highest BCUT2D eigenvalue weighted by atomic mass is 16.5. The summed E-state index contributed by atoms with van der Waals surface area (Å²) in [4.78, 5) is 34.7. The normalized spacial score (nSPS) is 10.2. The molecule has 0 aliphatic rings. The van der Waals surface area contributed by atoms with Gasteiger partial charge in [-0.05, 0) is 43.2 Å². The van der Waals surface area contributed by atoms with E-state index in [1.807, 2.05) is 0 Å². The summed E-state index contributed by atoms with van der Waals surface area (Å²) in [7, 11) is 0. The van der Waals surface area contributed by atoms with E-state index in [-0.39, 0.29) is 36.5 Å². The summed E-state index contributed by atoms with van der Waals surface area (Å²) in [6.45, 7) is 3.40. The first-order valence-electron chi connectivity index (χ1n) is 8.15. The molecular formula is C20H20O6. The number of carbonyl (C=O) groups is 3. The van der Waals surface area contributed by atoms with Crippen LogP contribution >= 0.6 is 0 Å². The van der Waals surface area contributed by atoms with Crippen LogP contribution in [0.1, 0.15) is 45.7 Å². The zero-order chi connectivity index (χ0) is 19.1. The summed E-state index contributed by atoms with van der Waals surface area (Å²) in [5.41, 5.74) is 1.81. The molecule has 0 aromatic heterocycles. The summed E-state index contributed by atoms with van der Waals surface area (Å²) in [6.07, 6.45) is -0.100. The Morgan fingerprint density at radius 2 is 1.69 bits per heavy atom. The van der Waals surface area contributed by atoms with Gasteiger partial charge in [-0.3, -0.25) is 9.59 Å². The van der Waals surface area contributed by atoms with Gasteiger partial charge in [-0.2, -0.15) is 0 Å². The number of ether oxygens (including phenoxy) is 2. The first kappa shape index (κ1) is 19.2. The van der Waals surface area contributed by atoms with Crippen LogP contribution in [0.4, 0.5) is 0 Å². The van der Waals surface area contributed by atoms with Gasteiger partial charge in [0.15, 0.2) is 5.78 Å². The Balaban J connectivity index is 2.23. The average molecular weight is 356 g/mol. The number of carboxylic acids is 1. The Morgan fingerprint density at radius 1 is 1.00 bits per heavy atom. The quantitative estimate of drug-likeness (QED) is 0.577. The lowest BCUT2D eigenvalue weighted by molar-refractivity contribution is -0.136. The van der Waals surface area contributed by atoms with Crippen molar-refractivity contribution in [2.24, 2.45) is 0 Å². The number of esters is 1. The maximum absolute atomic E-state index is 12.1. The third-order valence-electron chi connectivity index (χ3n) is 3.72. The molecule has 2 aromatic rings. The van der Waals surface area contributed by atoms with Gasteiger partial charge in [-0.1, -0.05) is 24.3 Å². The standard InChI is InChI=1S/C20H20O6/c1-3-25-20(24)18-11-16(8-9-17(18)13(2)21)26-12-15-7-5-4-6-14(15)10-19(22)23/h4-9,11H,3,10,12H2,1-2H3,(H,22,23). The van der Waals surface area contributed by atoms with Crippen LogP contribution in [0.3, 0.4) is 0 Å². The fraction of sp³-hybridized carbons (Fsp3) is 0.250. The molecule has 0 spiro atoms. The molecule has 0 saturated carbocycles. The number of hydrogen-bond donors (Lipinski definition) is 1. The van der Waals surface area contributed by atoms with Crippen molar-refractivity contribution in [1.29, 1.82) is 0 Å². The second kappa shape index (κ2) is 8.80. The Hall–Kier alpha value is -3.15. The van der Waals surface area contributed by atoms with Crippen LogP contribution in [0.2, 0.25) is 0 Å². The molecule has 6 nitrogen and oxygen atoms in total. The fourth-order valence-electron chi connectivity index (χ4n) is 2.49. The summed E-state index contributed by atoms with van der Waals surface area (Å²) in [5.74, 6) is -1.36. The predicted molar refractivity (Wildman–Crippen MR) is 94.5 cm³/mol. The van der Waals surface area contributed by atoms with Crippen LogP contribution < -0.4 is 4.74 Å². The summed E-state index contributed by atoms with van der Waals surface area (Å²) in [5, 5.41) is 8.98. The van der Waals surface area contributed by atoms with Gasteiger partial charge in [0.05, 0.1) is 18.6 Å². The van der Waals surface area contributed by atoms with E-state index in [0.717, 1.165) is 5.56 Å². The van der Waals surface area contributed by atoms with E-state index in [2.05, 4.69) is 0 Å². The minimum Gasteiger partial charge on any atom is -0.489 e. The maximum Gasteiger partial charge on any atom is 0.338 e. The lowest BCUT2D eigenvalue weighted by atomic mass is 10.0. The number of benzene rings is 2. The predicted octanol–water partition coefficient (Wildman–Crippen LogP) is 3.27. The van der Waals surface area contributed by atoms with Gasteiger partial charge in [0.1, 0.15) is 12.4 Å². The molecule has 0 aliphatic carbocycles. The smallest absolute Gasteiger partial charge is 0.338 e. The van der Waals surface area contributed by atoms with Crippen LogP contribution in [0.25, 0.3) is 0 Å². The van der Waals surface area contributed by atoms with Gasteiger partial charge in [-0.15, -0.1) is 0 Å². The lowest BCUT2D eigenvalue weighted by Gasteiger charge is -2.12. The number of hydrogen-bond acceptors (Lipinski definition) is 5. The van der Waals surface area contributed by atoms with Gasteiger partial charge in [0.2, 0.25) is 0 Å². The van der Waals surface area contributed by atoms with Gasteiger partial charge in [0, 0.05) is 5.56 Å². The SMILES string of the molecule is CCOC(=O)c1cc(OCc2ccccc2CC(=O)O)ccc1C(C)=O. The van der Waals surface area contributed by atoms with E-state index in [9.17, 15) is 14.4 Å². The summed E-state index contributed by atoms with van der Waals surface area (Å²) in [6, 6.07) is 11.7. The molecular weight excluding hydrogens is 336 g/mol. The highest BCUT2D eigenvalue weighted by Crippen LogP contribution is 2.21. The first-order valence-corrected chi connectivity index (χ1v) is 8.15. The van der Waals surface area contributed by atoms with Crippen molar-refractivity contribution in [3.05, 3.63) is 64.7 Å². The van der Waals surface area contributed by atoms with Crippen molar-refractivity contribution in [2.75, 3.05) is 6.61 Å². The number of carboxylic acid groups (broad SMARTS) is 1. The molecule has 2 rings (SSSR count). The van der Waals surface area contributed by atoms with Crippen molar-refractivity contribution in [1.82, 2.24) is 0 Å². The van der Waals surface area contributed by atoms with Crippen LogP contribution in [0.15, 0.2) is 42.5 Å². The molecule has 0 bridgehead atoms. The van der Waals surface area contributed by atoms with Crippen LogP contribution in [0, 0.1) is 0 Å². The zero-order valence-electron chi connectivity index (χ0n) is 14.7. The largest absolute Gasteiger partial charge is 0.489 e. The Kier molecular flexibility index (Phi) is 6.49. The lowest BCUT2D eigenvalue weighted by Crippen LogP contribution is -2.11. The summed E-state index contributed by atoms with van der Waals surface area (Å²) < 4.78 is 10.7. The summed E-state index contributed by atoms with van der Waals surface area (Å²) >= 11 is 0. The molecule has 136 valence electrons. The Bertz CT molecular complexity index is 825. The fourth-order valence-corrected chi connectivity index (χ4v) is 2.49. The average Bonchev–Trinajstić information content (AvgIpc) is 2.60. The topological polar surface area (TPSA) is 89.9 Å². The van der Waals surface area contributed by atoms with Crippen molar-refractivity contribution in [3.8, 4) is 5.75 Å². The molecule has 0 unspecified atom stereocenters. The van der Waals surface area contributed by atoms with Crippen molar-refractivity contribution < 1.29 is 29.0 Å². The van der Waals surface area contributed by atoms with Crippen molar-refractivity contribution in [3.63, 3.8) is 0 Å². The minimum absolute atomic E-state index is 0.100. The molecule has 0 saturated heterocycles. The third-order valence-corrected chi connectivity index (χ3v) is 3.72. The van der Waals surface area contributed by atoms with E-state index < -0.39 is 11.9 Å². The molecule has 1 N–H and O–H groups in total. The molecule has 0 atom stereocenters. The van der Waals surface area contributed by atoms with Gasteiger partial charge in [0.25, 0.3) is 0 Å². The molecule has 2 aromatic carbocycles. The monoisotopic (exact) mass is 356 g/mol. The second-order valence-electron chi connectivity index (χ2n) is 5.61. The number of ketones is 1. The minimum atomic E-state index is -0.923. The molecule has 0 radical (unpaired) electrons. The van der Waals surface area contributed by atoms with Crippen LogP contribution in [0.5, 0.6) is 5.75 Å². The van der Waals surface area contributed by atoms with Crippen molar-refractivity contribution >= 4 is 17.7 Å². The number of carbonyl (C=O) groups excluding carboxylic acids is 2. The van der Waals surface area contributed by atoms with Crippen molar-refractivity contribution in [2.45, 2.75) is 26.9 Å². The Labute approximate surface area is 151 Å². The molecule has 0 amide bonds. The number of aliphatic carboxylic acids is 1. The third kappa shape index (κ3) is 4.92. The van der Waals surface area contributed by atoms with Gasteiger partial charge < -0.3 is 14.6 Å². The van der Waals surface area contributed by atoms with Gasteiger partial charge in [-0.25, -0.2) is 4.79 Å². The zero-order valence-corrected chi connectivity index (χ0v) is 14.7. The number of rotatable bonds is 8. The first-order chi connectivity index (χ1) is 12.4. The molecule has 26 heavy (non-hydrogen) atoms. The highest BCUT2D eigenvalue weighted by Gasteiger charge is 2.17.